The van der Waals surface area contributed by atoms with Crippen LogP contribution in [-0.4, -0.2) is 17.2 Å². The van der Waals surface area contributed by atoms with Crippen molar-refractivity contribution in [3.05, 3.63) is 88.0 Å². The number of fused-ring (bicyclic) bond motifs is 2. The average molecular weight is 480 g/mol. The molecule has 2 aromatic carbocycles. The van der Waals surface area contributed by atoms with E-state index in [0.29, 0.717) is 30.6 Å². The van der Waals surface area contributed by atoms with E-state index in [1.54, 1.807) is 0 Å². The molecule has 2 aromatic rings. The molecule has 0 fully saturated rings. The first kappa shape index (κ1) is 22.6. The predicted octanol–water partition coefficient (Wildman–Crippen LogP) is 4.74. The van der Waals surface area contributed by atoms with Gasteiger partial charge in [0.1, 0.15) is 22.8 Å². The summed E-state index contributed by atoms with van der Waals surface area (Å²) in [6, 6.07) is 18.4. The summed E-state index contributed by atoms with van der Waals surface area (Å²) >= 11 is 0. The Morgan fingerprint density at radius 1 is 1.03 bits per heavy atom. The van der Waals surface area contributed by atoms with Crippen LogP contribution in [0.25, 0.3) is 0 Å². The van der Waals surface area contributed by atoms with E-state index in [9.17, 15) is 14.9 Å². The van der Waals surface area contributed by atoms with Crippen LogP contribution < -0.4 is 10.6 Å². The lowest BCUT2D eigenvalue weighted by Gasteiger charge is -2.50. The second-order valence-corrected chi connectivity index (χ2v) is 11.5. The normalized spacial score (nSPS) is 30.2. The molecule has 0 aromatic heterocycles. The molecule has 0 saturated heterocycles. The van der Waals surface area contributed by atoms with Crippen molar-refractivity contribution in [1.82, 2.24) is 0 Å². The van der Waals surface area contributed by atoms with E-state index in [2.05, 4.69) is 45.0 Å². The molecule has 1 aliphatic carbocycles. The summed E-state index contributed by atoms with van der Waals surface area (Å²) < 4.78 is 5.88. The van der Waals surface area contributed by atoms with Gasteiger partial charge < -0.3 is 15.4 Å². The van der Waals surface area contributed by atoms with E-state index in [1.165, 1.54) is 0 Å². The van der Waals surface area contributed by atoms with Crippen LogP contribution in [0.2, 0.25) is 0 Å². The van der Waals surface area contributed by atoms with Crippen molar-refractivity contribution in [2.75, 3.05) is 4.90 Å². The molecule has 6 heteroatoms. The Kier molecular flexibility index (Phi) is 4.46. The number of allylic oxidation sites excluding steroid dienone is 1. The first-order valence-electron chi connectivity index (χ1n) is 12.5. The number of carbonyl (C=O) groups is 2. The highest BCUT2D eigenvalue weighted by Crippen LogP contribution is 2.62. The SMILES string of the molecule is C[C@@H]1CC(=O)C2=C(C1)OC(N)=C(C#N)[C@@]21C(=O)N2c3c1cccc3[C@](C)(c1ccccc1)CC2(C)C. The number of Topliss-reactive ketones (excluding diaryl/α,β-unsaturated/α-hetero) is 1. The predicted molar refractivity (Wildman–Crippen MR) is 136 cm³/mol. The van der Waals surface area contributed by atoms with Crippen LogP contribution in [-0.2, 0) is 25.2 Å². The molecule has 4 aliphatic rings. The molecule has 0 saturated carbocycles. The maximum atomic E-state index is 14.8. The standard InChI is InChI=1S/C30H29N3O3/c1-17-13-22(34)24-23(14-17)36-26(32)21(15-31)30(24)20-12-8-11-19-25(20)33(27(30)35)28(2,3)16-29(19,4)18-9-6-5-7-10-18/h5-12,17H,13-14,16,32H2,1-4H3/t17-,29+,30-/m1/s1. The molecule has 0 unspecified atom stereocenters. The van der Waals surface area contributed by atoms with Crippen LogP contribution in [0.3, 0.4) is 0 Å². The molecular formula is C30H29N3O3. The molecule has 1 spiro atoms. The zero-order valence-electron chi connectivity index (χ0n) is 21.0. The van der Waals surface area contributed by atoms with Gasteiger partial charge in [-0.3, -0.25) is 9.59 Å². The molecule has 2 N–H and O–H groups in total. The number of hydrogen-bond donors (Lipinski definition) is 1. The molecule has 0 bridgehead atoms. The van der Waals surface area contributed by atoms with Crippen molar-refractivity contribution in [1.29, 1.82) is 5.26 Å². The number of hydrogen-bond acceptors (Lipinski definition) is 5. The fourth-order valence-corrected chi connectivity index (χ4v) is 7.29. The number of rotatable bonds is 1. The fourth-order valence-electron chi connectivity index (χ4n) is 7.29. The number of nitrogens with zero attached hydrogens (tertiary/aromatic N) is 2. The van der Waals surface area contributed by atoms with E-state index in [1.807, 2.05) is 42.2 Å². The van der Waals surface area contributed by atoms with Crippen molar-refractivity contribution >= 4 is 17.4 Å². The maximum Gasteiger partial charge on any atom is 0.248 e. The van der Waals surface area contributed by atoms with Gasteiger partial charge in [0.2, 0.25) is 11.8 Å². The minimum absolute atomic E-state index is 0.00849. The third-order valence-electron chi connectivity index (χ3n) is 8.55. The lowest BCUT2D eigenvalue weighted by molar-refractivity contribution is -0.126. The van der Waals surface area contributed by atoms with Crippen LogP contribution in [0.15, 0.2) is 71.3 Å². The number of benzene rings is 2. The van der Waals surface area contributed by atoms with Crippen molar-refractivity contribution in [2.24, 2.45) is 11.7 Å². The third-order valence-corrected chi connectivity index (χ3v) is 8.55. The van der Waals surface area contributed by atoms with Crippen LogP contribution >= 0.6 is 0 Å². The molecule has 36 heavy (non-hydrogen) atoms. The first-order chi connectivity index (χ1) is 17.1. The van der Waals surface area contributed by atoms with Crippen molar-refractivity contribution in [3.63, 3.8) is 0 Å². The molecule has 3 heterocycles. The van der Waals surface area contributed by atoms with Gasteiger partial charge in [-0.05, 0) is 37.3 Å². The molecular weight excluding hydrogens is 450 g/mol. The van der Waals surface area contributed by atoms with Crippen molar-refractivity contribution in [3.8, 4) is 6.07 Å². The fraction of sp³-hybridized carbons (Fsp3) is 0.367. The summed E-state index contributed by atoms with van der Waals surface area (Å²) in [7, 11) is 0. The monoisotopic (exact) mass is 479 g/mol. The number of nitrogens with two attached hydrogens (primary N) is 1. The highest BCUT2D eigenvalue weighted by molar-refractivity contribution is 6.21. The van der Waals surface area contributed by atoms with Crippen LogP contribution in [0.1, 0.15) is 63.6 Å². The summed E-state index contributed by atoms with van der Waals surface area (Å²) in [5.41, 5.74) is 7.67. The first-order valence-corrected chi connectivity index (χ1v) is 12.5. The Morgan fingerprint density at radius 2 is 1.72 bits per heavy atom. The Hall–Kier alpha value is -3.85. The van der Waals surface area contributed by atoms with Crippen LogP contribution in [0.4, 0.5) is 5.69 Å². The van der Waals surface area contributed by atoms with Gasteiger partial charge in [-0.25, -0.2) is 0 Å². The number of amides is 1. The number of carbonyl (C=O) groups excluding carboxylic acids is 2. The van der Waals surface area contributed by atoms with Crippen molar-refractivity contribution < 1.29 is 14.3 Å². The van der Waals surface area contributed by atoms with Crippen LogP contribution in [0, 0.1) is 17.2 Å². The quantitative estimate of drug-likeness (QED) is 0.638. The highest BCUT2D eigenvalue weighted by Gasteiger charge is 2.66. The van der Waals surface area contributed by atoms with E-state index in [-0.39, 0.29) is 40.1 Å². The number of nitriles is 1. The maximum absolute atomic E-state index is 14.8. The molecule has 6 rings (SSSR count). The second-order valence-electron chi connectivity index (χ2n) is 11.5. The van der Waals surface area contributed by atoms with Gasteiger partial charge in [0.25, 0.3) is 0 Å². The Labute approximate surface area is 211 Å². The Bertz CT molecular complexity index is 1460. The summed E-state index contributed by atoms with van der Waals surface area (Å²) in [5.74, 6) is -0.0457. The molecule has 182 valence electrons. The van der Waals surface area contributed by atoms with Crippen LogP contribution in [0.5, 0.6) is 0 Å². The van der Waals surface area contributed by atoms with E-state index >= 15 is 0 Å². The highest BCUT2D eigenvalue weighted by atomic mass is 16.5. The van der Waals surface area contributed by atoms with Gasteiger partial charge in [0, 0.05) is 29.4 Å². The lowest BCUT2D eigenvalue weighted by Crippen LogP contribution is -2.58. The number of anilines is 1. The smallest absolute Gasteiger partial charge is 0.248 e. The average Bonchev–Trinajstić information content (AvgIpc) is 3.07. The number of para-hydroxylation sites is 1. The minimum Gasteiger partial charge on any atom is -0.444 e. The van der Waals surface area contributed by atoms with Gasteiger partial charge in [-0.2, -0.15) is 5.26 Å². The lowest BCUT2D eigenvalue weighted by atomic mass is 9.63. The topological polar surface area (TPSA) is 96.4 Å². The molecule has 3 aliphatic heterocycles. The zero-order valence-corrected chi connectivity index (χ0v) is 21.0. The summed E-state index contributed by atoms with van der Waals surface area (Å²) in [6.07, 6.45) is 1.47. The zero-order chi connectivity index (χ0) is 25.6. The second kappa shape index (κ2) is 7.10. The van der Waals surface area contributed by atoms with Crippen molar-refractivity contribution in [2.45, 2.75) is 63.3 Å². The Morgan fingerprint density at radius 3 is 2.42 bits per heavy atom. The number of ketones is 1. The number of ether oxygens (including phenoxy) is 1. The van der Waals surface area contributed by atoms with Gasteiger partial charge >= 0.3 is 0 Å². The molecule has 3 atom stereocenters. The summed E-state index contributed by atoms with van der Waals surface area (Å²) in [5, 5.41) is 10.3. The third kappa shape index (κ3) is 2.55. The Balaban J connectivity index is 1.73. The van der Waals surface area contributed by atoms with Gasteiger partial charge in [0.15, 0.2) is 5.78 Å². The largest absolute Gasteiger partial charge is 0.444 e. The van der Waals surface area contributed by atoms with E-state index in [0.717, 1.165) is 16.8 Å². The molecule has 6 nitrogen and oxygen atoms in total. The molecule has 0 radical (unpaired) electrons. The molecule has 1 amide bonds. The van der Waals surface area contributed by atoms with Gasteiger partial charge in [-0.15, -0.1) is 0 Å². The van der Waals surface area contributed by atoms with E-state index < -0.39 is 11.0 Å². The minimum atomic E-state index is -1.59. The van der Waals surface area contributed by atoms with Gasteiger partial charge in [0.05, 0.1) is 11.3 Å². The van der Waals surface area contributed by atoms with E-state index in [4.69, 9.17) is 10.5 Å². The summed E-state index contributed by atoms with van der Waals surface area (Å²) in [6.45, 7) is 8.31. The van der Waals surface area contributed by atoms with Gasteiger partial charge in [-0.1, -0.05) is 62.4 Å². The summed E-state index contributed by atoms with van der Waals surface area (Å²) in [4.78, 5) is 30.2.